The van der Waals surface area contributed by atoms with Gasteiger partial charge in [-0.25, -0.2) is 13.1 Å². The summed E-state index contributed by atoms with van der Waals surface area (Å²) in [5.41, 5.74) is 2.17. The van der Waals surface area contributed by atoms with E-state index in [4.69, 9.17) is 4.42 Å². The van der Waals surface area contributed by atoms with Gasteiger partial charge < -0.3 is 9.73 Å². The molecule has 0 fully saturated rings. The molecule has 2 atom stereocenters. The molecule has 2 N–H and O–H groups in total. The highest BCUT2D eigenvalue weighted by Crippen LogP contribution is 2.30. The maximum atomic E-state index is 12.9. The van der Waals surface area contributed by atoms with E-state index in [1.165, 1.54) is 12.1 Å². The third-order valence-corrected chi connectivity index (χ3v) is 6.93. The lowest BCUT2D eigenvalue weighted by Crippen LogP contribution is -2.31. The number of amides is 1. The maximum Gasteiger partial charge on any atom is 0.251 e. The van der Waals surface area contributed by atoms with Gasteiger partial charge in [-0.05, 0) is 49.6 Å². The Morgan fingerprint density at radius 2 is 1.90 bits per heavy atom. The SMILES string of the molecule is CC(NS(=O)(=O)c1cccc(C(=O)NC2CCCc3occc32)c1)c1ccccc1. The van der Waals surface area contributed by atoms with Gasteiger partial charge in [-0.15, -0.1) is 0 Å². The first kappa shape index (κ1) is 20.4. The zero-order valence-electron chi connectivity index (χ0n) is 16.7. The monoisotopic (exact) mass is 424 g/mol. The number of fused-ring (bicyclic) bond motifs is 1. The van der Waals surface area contributed by atoms with Gasteiger partial charge in [0.2, 0.25) is 10.0 Å². The molecule has 0 saturated heterocycles. The Morgan fingerprint density at radius 1 is 1.10 bits per heavy atom. The maximum absolute atomic E-state index is 12.9. The number of hydrogen-bond donors (Lipinski definition) is 2. The minimum atomic E-state index is -3.78. The molecule has 1 aliphatic rings. The van der Waals surface area contributed by atoms with Crippen LogP contribution in [0.25, 0.3) is 0 Å². The van der Waals surface area contributed by atoms with E-state index in [0.717, 1.165) is 36.1 Å². The Bertz CT molecular complexity index is 1140. The number of carbonyl (C=O) groups is 1. The number of aryl methyl sites for hydroxylation is 1. The van der Waals surface area contributed by atoms with Crippen molar-refractivity contribution in [2.75, 3.05) is 0 Å². The molecule has 0 saturated carbocycles. The second-order valence-electron chi connectivity index (χ2n) is 7.50. The van der Waals surface area contributed by atoms with Crippen molar-refractivity contribution < 1.29 is 17.6 Å². The van der Waals surface area contributed by atoms with Gasteiger partial charge in [0.1, 0.15) is 5.76 Å². The van der Waals surface area contributed by atoms with Crippen molar-refractivity contribution >= 4 is 15.9 Å². The van der Waals surface area contributed by atoms with E-state index < -0.39 is 16.1 Å². The highest BCUT2D eigenvalue weighted by atomic mass is 32.2. The number of nitrogens with one attached hydrogen (secondary N) is 2. The number of carbonyl (C=O) groups excluding carboxylic acids is 1. The lowest BCUT2D eigenvalue weighted by molar-refractivity contribution is 0.0932. The molecule has 1 aliphatic carbocycles. The molecule has 0 aliphatic heterocycles. The molecule has 30 heavy (non-hydrogen) atoms. The average Bonchev–Trinajstić information content (AvgIpc) is 3.24. The van der Waals surface area contributed by atoms with Crippen LogP contribution in [0.15, 0.2) is 76.2 Å². The van der Waals surface area contributed by atoms with Gasteiger partial charge >= 0.3 is 0 Å². The normalized spacial score (nSPS) is 17.2. The molecule has 1 aromatic heterocycles. The van der Waals surface area contributed by atoms with E-state index >= 15 is 0 Å². The van der Waals surface area contributed by atoms with Crippen LogP contribution in [0.5, 0.6) is 0 Å². The van der Waals surface area contributed by atoms with Gasteiger partial charge in [-0.3, -0.25) is 4.79 Å². The first-order valence-electron chi connectivity index (χ1n) is 9.98. The summed E-state index contributed by atoms with van der Waals surface area (Å²) >= 11 is 0. The summed E-state index contributed by atoms with van der Waals surface area (Å²) in [5, 5.41) is 3.01. The summed E-state index contributed by atoms with van der Waals surface area (Å²) in [6.45, 7) is 1.79. The summed E-state index contributed by atoms with van der Waals surface area (Å²) < 4.78 is 33.9. The minimum absolute atomic E-state index is 0.0607. The van der Waals surface area contributed by atoms with Gasteiger partial charge in [0.25, 0.3) is 5.91 Å². The first-order chi connectivity index (χ1) is 14.4. The van der Waals surface area contributed by atoms with Crippen molar-refractivity contribution in [3.8, 4) is 0 Å². The number of hydrogen-bond acceptors (Lipinski definition) is 4. The Kier molecular flexibility index (Phi) is 5.74. The van der Waals surface area contributed by atoms with E-state index in [0.29, 0.717) is 5.56 Å². The molecule has 7 heteroatoms. The van der Waals surface area contributed by atoms with E-state index in [-0.39, 0.29) is 16.8 Å². The largest absolute Gasteiger partial charge is 0.469 e. The zero-order valence-corrected chi connectivity index (χ0v) is 17.5. The first-order valence-corrected chi connectivity index (χ1v) is 11.5. The van der Waals surface area contributed by atoms with Crippen molar-refractivity contribution in [3.63, 3.8) is 0 Å². The molecule has 1 heterocycles. The zero-order chi connectivity index (χ0) is 21.1. The topological polar surface area (TPSA) is 88.4 Å². The van der Waals surface area contributed by atoms with E-state index in [1.807, 2.05) is 36.4 Å². The smallest absolute Gasteiger partial charge is 0.251 e. The molecule has 0 bridgehead atoms. The van der Waals surface area contributed by atoms with Gasteiger partial charge in [-0.2, -0.15) is 0 Å². The van der Waals surface area contributed by atoms with Gasteiger partial charge in [0, 0.05) is 23.6 Å². The van der Waals surface area contributed by atoms with E-state index in [1.54, 1.807) is 25.3 Å². The van der Waals surface area contributed by atoms with E-state index in [9.17, 15) is 13.2 Å². The second-order valence-corrected chi connectivity index (χ2v) is 9.21. The summed E-state index contributed by atoms with van der Waals surface area (Å²) in [6, 6.07) is 16.8. The standard InChI is InChI=1S/C23H24N2O4S/c1-16(17-7-3-2-4-8-17)25-30(27,28)19-10-5-9-18(15-19)23(26)24-21-11-6-12-22-20(21)13-14-29-22/h2-5,7-10,13-16,21,25H,6,11-12H2,1H3,(H,24,26). The van der Waals surface area contributed by atoms with Crippen LogP contribution in [-0.4, -0.2) is 14.3 Å². The summed E-state index contributed by atoms with van der Waals surface area (Å²) in [6.07, 6.45) is 4.27. The molecule has 0 radical (unpaired) electrons. The number of furan rings is 1. The molecule has 3 aromatic rings. The fourth-order valence-electron chi connectivity index (χ4n) is 3.79. The van der Waals surface area contributed by atoms with Crippen LogP contribution in [0.4, 0.5) is 0 Å². The predicted molar refractivity (Wildman–Crippen MR) is 113 cm³/mol. The van der Waals surface area contributed by atoms with Crippen molar-refractivity contribution in [2.24, 2.45) is 0 Å². The van der Waals surface area contributed by atoms with Crippen molar-refractivity contribution in [2.45, 2.75) is 43.2 Å². The molecule has 156 valence electrons. The Hall–Kier alpha value is -2.90. The highest BCUT2D eigenvalue weighted by Gasteiger charge is 2.25. The quantitative estimate of drug-likeness (QED) is 0.623. The summed E-state index contributed by atoms with van der Waals surface area (Å²) in [7, 11) is -3.78. The molecular formula is C23H24N2O4S. The summed E-state index contributed by atoms with van der Waals surface area (Å²) in [4.78, 5) is 12.9. The number of benzene rings is 2. The molecular weight excluding hydrogens is 400 g/mol. The molecule has 0 spiro atoms. The lowest BCUT2D eigenvalue weighted by Gasteiger charge is -2.23. The van der Waals surface area contributed by atoms with Crippen LogP contribution in [0.3, 0.4) is 0 Å². The van der Waals surface area contributed by atoms with Gasteiger partial charge in [0.05, 0.1) is 17.2 Å². The van der Waals surface area contributed by atoms with Crippen molar-refractivity contribution in [1.29, 1.82) is 0 Å². The van der Waals surface area contributed by atoms with Gasteiger partial charge in [-0.1, -0.05) is 36.4 Å². The highest BCUT2D eigenvalue weighted by molar-refractivity contribution is 7.89. The summed E-state index contributed by atoms with van der Waals surface area (Å²) in [5.74, 6) is 0.601. The fourth-order valence-corrected chi connectivity index (χ4v) is 5.07. The fraction of sp³-hybridized carbons (Fsp3) is 0.261. The predicted octanol–water partition coefficient (Wildman–Crippen LogP) is 4.13. The lowest BCUT2D eigenvalue weighted by atomic mass is 9.93. The molecule has 2 aromatic carbocycles. The average molecular weight is 425 g/mol. The Balaban J connectivity index is 1.50. The third kappa shape index (κ3) is 4.32. The number of sulfonamides is 1. The Morgan fingerprint density at radius 3 is 2.70 bits per heavy atom. The molecule has 4 rings (SSSR count). The van der Waals surface area contributed by atoms with Crippen LogP contribution < -0.4 is 10.0 Å². The van der Waals surface area contributed by atoms with Gasteiger partial charge in [0.15, 0.2) is 0 Å². The molecule has 1 amide bonds. The van der Waals surface area contributed by atoms with Crippen LogP contribution in [-0.2, 0) is 16.4 Å². The molecule has 6 nitrogen and oxygen atoms in total. The molecule has 2 unspecified atom stereocenters. The third-order valence-electron chi connectivity index (χ3n) is 5.40. The second kappa shape index (κ2) is 8.45. The van der Waals surface area contributed by atoms with Crippen LogP contribution in [0.2, 0.25) is 0 Å². The van der Waals surface area contributed by atoms with E-state index in [2.05, 4.69) is 10.0 Å². The van der Waals surface area contributed by atoms with Crippen LogP contribution in [0.1, 0.15) is 59.1 Å². The van der Waals surface area contributed by atoms with Crippen molar-refractivity contribution in [3.05, 3.63) is 89.4 Å². The Labute approximate surface area is 176 Å². The minimum Gasteiger partial charge on any atom is -0.469 e. The van der Waals surface area contributed by atoms with Crippen LogP contribution in [0, 0.1) is 0 Å². The number of rotatable bonds is 6. The van der Waals surface area contributed by atoms with Crippen LogP contribution >= 0.6 is 0 Å². The van der Waals surface area contributed by atoms with Crippen molar-refractivity contribution in [1.82, 2.24) is 10.0 Å².